The number of carbonyl (C=O) groups is 2. The monoisotopic (exact) mass is 418 g/mol. The Labute approximate surface area is 169 Å². The van der Waals surface area contributed by atoms with E-state index in [1.54, 1.807) is 30.3 Å². The smallest absolute Gasteiger partial charge is 0.307 e. The highest BCUT2D eigenvalue weighted by atomic mass is 32.2. The van der Waals surface area contributed by atoms with Crippen LogP contribution >= 0.6 is 0 Å². The minimum Gasteiger partial charge on any atom is -0.490 e. The van der Waals surface area contributed by atoms with Gasteiger partial charge in [-0.05, 0) is 37.3 Å². The van der Waals surface area contributed by atoms with E-state index in [2.05, 4.69) is 0 Å². The highest BCUT2D eigenvalue weighted by Gasteiger charge is 2.19. The van der Waals surface area contributed by atoms with Gasteiger partial charge in [-0.2, -0.15) is 0 Å². The van der Waals surface area contributed by atoms with E-state index in [4.69, 9.17) is 14.2 Å². The zero-order chi connectivity index (χ0) is 20.9. The molecular formula is C21H22O7S. The van der Waals surface area contributed by atoms with E-state index in [9.17, 15) is 18.0 Å². The van der Waals surface area contributed by atoms with E-state index < -0.39 is 28.2 Å². The lowest BCUT2D eigenvalue weighted by Crippen LogP contribution is -2.17. The third kappa shape index (κ3) is 5.57. The van der Waals surface area contributed by atoms with Crippen LogP contribution in [0.3, 0.4) is 0 Å². The largest absolute Gasteiger partial charge is 0.490 e. The molecule has 0 atom stereocenters. The molecule has 1 aliphatic heterocycles. The lowest BCUT2D eigenvalue weighted by atomic mass is 10.1. The Bertz CT molecular complexity index is 994. The van der Waals surface area contributed by atoms with Crippen molar-refractivity contribution in [3.8, 4) is 11.5 Å². The normalized spacial score (nSPS) is 13.4. The van der Waals surface area contributed by atoms with Gasteiger partial charge in [0.2, 0.25) is 0 Å². The third-order valence-corrected chi connectivity index (χ3v) is 6.12. The first kappa shape index (κ1) is 20.9. The summed E-state index contributed by atoms with van der Waals surface area (Å²) in [5, 5.41) is 0. The highest BCUT2D eigenvalue weighted by Crippen LogP contribution is 2.30. The first-order valence-corrected chi connectivity index (χ1v) is 10.9. The average molecular weight is 418 g/mol. The highest BCUT2D eigenvalue weighted by molar-refractivity contribution is 7.91. The van der Waals surface area contributed by atoms with E-state index >= 15 is 0 Å². The number of sulfone groups is 1. The van der Waals surface area contributed by atoms with Crippen LogP contribution < -0.4 is 9.47 Å². The van der Waals surface area contributed by atoms with Gasteiger partial charge in [0.25, 0.3) is 0 Å². The molecule has 2 aromatic carbocycles. The molecule has 8 heteroatoms. The molecule has 7 nitrogen and oxygen atoms in total. The molecule has 0 bridgehead atoms. The van der Waals surface area contributed by atoms with Crippen molar-refractivity contribution in [2.24, 2.45) is 0 Å². The number of fused-ring (bicyclic) bond motifs is 1. The Morgan fingerprint density at radius 1 is 1.00 bits per heavy atom. The van der Waals surface area contributed by atoms with Crippen molar-refractivity contribution in [1.29, 1.82) is 0 Å². The Kier molecular flexibility index (Phi) is 6.53. The average Bonchev–Trinajstić information content (AvgIpc) is 2.95. The molecule has 0 aliphatic carbocycles. The second-order valence-corrected chi connectivity index (χ2v) is 8.79. The Hall–Kier alpha value is -2.87. The summed E-state index contributed by atoms with van der Waals surface area (Å²) in [6.45, 7) is 2.43. The van der Waals surface area contributed by atoms with Crippen molar-refractivity contribution >= 4 is 21.6 Å². The van der Waals surface area contributed by atoms with Gasteiger partial charge in [0.05, 0.1) is 30.3 Å². The summed E-state index contributed by atoms with van der Waals surface area (Å²) in [6, 6.07) is 11.2. The Balaban J connectivity index is 1.52. The number of ketones is 1. The molecule has 0 saturated heterocycles. The molecule has 0 unspecified atom stereocenters. The number of benzene rings is 2. The molecular weight excluding hydrogens is 396 g/mol. The molecule has 0 saturated carbocycles. The van der Waals surface area contributed by atoms with Crippen molar-refractivity contribution in [3.05, 3.63) is 53.6 Å². The Morgan fingerprint density at radius 3 is 2.41 bits per heavy atom. The van der Waals surface area contributed by atoms with Crippen LogP contribution in [0, 0.1) is 6.92 Å². The van der Waals surface area contributed by atoms with Crippen LogP contribution in [0.25, 0.3) is 0 Å². The molecule has 0 spiro atoms. The summed E-state index contributed by atoms with van der Waals surface area (Å²) in [7, 11) is -3.59. The molecule has 154 valence electrons. The number of rotatable bonds is 7. The SMILES string of the molecule is Cc1ccc(S(=O)(=O)CCC(=O)OCC(=O)c2ccc3c(c2)OCCCO3)cc1. The molecule has 3 rings (SSSR count). The number of aryl methyl sites for hydroxylation is 1. The van der Waals surface area contributed by atoms with E-state index in [1.807, 2.05) is 6.92 Å². The van der Waals surface area contributed by atoms with Gasteiger partial charge < -0.3 is 14.2 Å². The first-order chi connectivity index (χ1) is 13.8. The van der Waals surface area contributed by atoms with E-state index in [0.717, 1.165) is 12.0 Å². The molecule has 2 aromatic rings. The van der Waals surface area contributed by atoms with Crippen LogP contribution in [0.15, 0.2) is 47.4 Å². The maximum absolute atomic E-state index is 12.3. The molecule has 0 radical (unpaired) electrons. The number of hydrogen-bond donors (Lipinski definition) is 0. The van der Waals surface area contributed by atoms with Crippen LogP contribution in [0.2, 0.25) is 0 Å². The predicted molar refractivity (Wildman–Crippen MR) is 105 cm³/mol. The van der Waals surface area contributed by atoms with Gasteiger partial charge in [0.15, 0.2) is 33.7 Å². The number of ether oxygens (including phenoxy) is 3. The zero-order valence-corrected chi connectivity index (χ0v) is 16.9. The number of carbonyl (C=O) groups excluding carboxylic acids is 2. The first-order valence-electron chi connectivity index (χ1n) is 9.23. The maximum Gasteiger partial charge on any atom is 0.307 e. The standard InChI is InChI=1S/C21H22O7S/c1-15-3-6-17(7-4-15)29(24,25)12-9-21(23)28-14-18(22)16-5-8-19-20(13-16)27-11-2-10-26-19/h3-8,13H,2,9-12,14H2,1H3. The van der Waals surface area contributed by atoms with E-state index in [-0.39, 0.29) is 17.1 Å². The van der Waals surface area contributed by atoms with Gasteiger partial charge in [0, 0.05) is 12.0 Å². The number of Topliss-reactive ketones (excluding diaryl/α,β-unsaturated/α-hetero) is 1. The van der Waals surface area contributed by atoms with Crippen molar-refractivity contribution in [2.45, 2.75) is 24.7 Å². The van der Waals surface area contributed by atoms with Gasteiger partial charge in [0.1, 0.15) is 0 Å². The molecule has 0 fully saturated rings. The molecule has 0 N–H and O–H groups in total. The summed E-state index contributed by atoms with van der Waals surface area (Å²) < 4.78 is 40.5. The summed E-state index contributed by atoms with van der Waals surface area (Å²) in [4.78, 5) is 24.3. The maximum atomic E-state index is 12.3. The molecule has 0 amide bonds. The van der Waals surface area contributed by atoms with Crippen LogP contribution in [-0.2, 0) is 19.4 Å². The van der Waals surface area contributed by atoms with Crippen molar-refractivity contribution in [3.63, 3.8) is 0 Å². The fraction of sp³-hybridized carbons (Fsp3) is 0.333. The fourth-order valence-corrected chi connectivity index (χ4v) is 3.94. The molecule has 1 aliphatic rings. The quantitative estimate of drug-likeness (QED) is 0.504. The summed E-state index contributed by atoms with van der Waals surface area (Å²) in [5.74, 6) is -0.493. The minimum atomic E-state index is -3.59. The minimum absolute atomic E-state index is 0.152. The number of esters is 1. The Morgan fingerprint density at radius 2 is 1.69 bits per heavy atom. The summed E-state index contributed by atoms with van der Waals surface area (Å²) in [6.07, 6.45) is 0.422. The van der Waals surface area contributed by atoms with Crippen LogP contribution in [-0.4, -0.2) is 45.7 Å². The van der Waals surface area contributed by atoms with Crippen LogP contribution in [0.4, 0.5) is 0 Å². The van der Waals surface area contributed by atoms with E-state index in [0.29, 0.717) is 30.3 Å². The fourth-order valence-electron chi connectivity index (χ4n) is 2.72. The second kappa shape index (κ2) is 9.09. The van der Waals surface area contributed by atoms with Crippen LogP contribution in [0.1, 0.15) is 28.8 Å². The van der Waals surface area contributed by atoms with Gasteiger partial charge in [-0.25, -0.2) is 8.42 Å². The van der Waals surface area contributed by atoms with Gasteiger partial charge in [-0.1, -0.05) is 17.7 Å². The van der Waals surface area contributed by atoms with Crippen molar-refractivity contribution in [2.75, 3.05) is 25.6 Å². The second-order valence-electron chi connectivity index (χ2n) is 6.68. The van der Waals surface area contributed by atoms with Gasteiger partial charge >= 0.3 is 5.97 Å². The molecule has 1 heterocycles. The van der Waals surface area contributed by atoms with Gasteiger partial charge in [-0.15, -0.1) is 0 Å². The van der Waals surface area contributed by atoms with E-state index in [1.165, 1.54) is 12.1 Å². The topological polar surface area (TPSA) is 96.0 Å². The van der Waals surface area contributed by atoms with Crippen molar-refractivity contribution < 1.29 is 32.2 Å². The predicted octanol–water partition coefficient (Wildman–Crippen LogP) is 2.75. The summed E-state index contributed by atoms with van der Waals surface area (Å²) >= 11 is 0. The van der Waals surface area contributed by atoms with Crippen molar-refractivity contribution in [1.82, 2.24) is 0 Å². The molecule has 29 heavy (non-hydrogen) atoms. The lowest BCUT2D eigenvalue weighted by molar-refractivity contribution is -0.142. The lowest BCUT2D eigenvalue weighted by Gasteiger charge is -2.09. The zero-order valence-electron chi connectivity index (χ0n) is 16.1. The van der Waals surface area contributed by atoms with Gasteiger partial charge in [-0.3, -0.25) is 9.59 Å². The number of hydrogen-bond acceptors (Lipinski definition) is 7. The third-order valence-electron chi connectivity index (χ3n) is 4.39. The summed E-state index contributed by atoms with van der Waals surface area (Å²) in [5.41, 5.74) is 1.27. The molecule has 0 aromatic heterocycles. The van der Waals surface area contributed by atoms with Crippen LogP contribution in [0.5, 0.6) is 11.5 Å².